The highest BCUT2D eigenvalue weighted by Crippen LogP contribution is 2.35. The Kier molecular flexibility index (Phi) is 7.87. The number of nitrogens with zero attached hydrogens (tertiary/aromatic N) is 3. The van der Waals surface area contributed by atoms with E-state index in [9.17, 15) is 4.79 Å². The number of carbonyl (C=O) groups excluding carboxylic acids is 1. The fraction of sp³-hybridized carbons (Fsp3) is 0.708. The summed E-state index contributed by atoms with van der Waals surface area (Å²) in [6.45, 7) is 6.32. The molecule has 1 aliphatic heterocycles. The third-order valence-electron chi connectivity index (χ3n) is 6.70. The summed E-state index contributed by atoms with van der Waals surface area (Å²) in [5, 5.41) is 0. The van der Waals surface area contributed by atoms with Crippen molar-refractivity contribution in [3.05, 3.63) is 23.3 Å². The summed E-state index contributed by atoms with van der Waals surface area (Å²) >= 11 is 0. The van der Waals surface area contributed by atoms with Crippen LogP contribution in [0.15, 0.2) is 12.1 Å². The van der Waals surface area contributed by atoms with Gasteiger partial charge in [0, 0.05) is 39.8 Å². The lowest BCUT2D eigenvalue weighted by atomic mass is 9.86. The van der Waals surface area contributed by atoms with Gasteiger partial charge in [-0.3, -0.25) is 4.90 Å². The topological polar surface area (TPSA) is 45.2 Å². The van der Waals surface area contributed by atoms with Crippen LogP contribution >= 0.6 is 0 Å². The second-order valence-corrected chi connectivity index (χ2v) is 8.97. The summed E-state index contributed by atoms with van der Waals surface area (Å²) in [6, 6.07) is 5.06. The summed E-state index contributed by atoms with van der Waals surface area (Å²) in [5.41, 5.74) is 2.80. The van der Waals surface area contributed by atoms with Gasteiger partial charge in [-0.05, 0) is 74.2 Å². The van der Waals surface area contributed by atoms with Gasteiger partial charge in [0.05, 0.1) is 14.2 Å². The van der Waals surface area contributed by atoms with Crippen LogP contribution in [0.1, 0.15) is 43.7 Å². The van der Waals surface area contributed by atoms with E-state index in [0.717, 1.165) is 63.4 Å². The average molecular weight is 418 g/mol. The zero-order valence-corrected chi connectivity index (χ0v) is 19.4. The van der Waals surface area contributed by atoms with Crippen LogP contribution in [0.5, 0.6) is 11.5 Å². The number of carbonyl (C=O) groups is 1. The maximum absolute atomic E-state index is 12.2. The minimum absolute atomic E-state index is 0.145. The number of hydrogen-bond acceptors (Lipinski definition) is 4. The van der Waals surface area contributed by atoms with Crippen LogP contribution in [0, 0.1) is 5.92 Å². The lowest BCUT2D eigenvalue weighted by molar-refractivity contribution is 0.109. The number of hydrogen-bond donors (Lipinski definition) is 0. The van der Waals surface area contributed by atoms with Gasteiger partial charge in [-0.2, -0.15) is 0 Å². The van der Waals surface area contributed by atoms with Crippen molar-refractivity contribution in [2.24, 2.45) is 5.92 Å². The van der Waals surface area contributed by atoms with Gasteiger partial charge < -0.3 is 19.3 Å². The van der Waals surface area contributed by atoms with Crippen LogP contribution in [0.4, 0.5) is 4.79 Å². The summed E-state index contributed by atoms with van der Waals surface area (Å²) in [5.74, 6) is 2.34. The lowest BCUT2D eigenvalue weighted by Crippen LogP contribution is -2.47. The minimum atomic E-state index is 0.145. The normalized spacial score (nSPS) is 19.5. The van der Waals surface area contributed by atoms with Crippen LogP contribution in [0.2, 0.25) is 0 Å². The van der Waals surface area contributed by atoms with Crippen LogP contribution in [0.3, 0.4) is 0 Å². The molecule has 1 aliphatic carbocycles. The smallest absolute Gasteiger partial charge is 0.319 e. The van der Waals surface area contributed by atoms with E-state index in [1.54, 1.807) is 19.1 Å². The molecule has 0 N–H and O–H groups in total. The highest BCUT2D eigenvalue weighted by atomic mass is 16.5. The monoisotopic (exact) mass is 417 g/mol. The van der Waals surface area contributed by atoms with Gasteiger partial charge in [0.1, 0.15) is 0 Å². The second-order valence-electron chi connectivity index (χ2n) is 8.97. The first kappa shape index (κ1) is 22.7. The molecule has 0 bridgehead atoms. The van der Waals surface area contributed by atoms with E-state index in [0.29, 0.717) is 12.0 Å². The molecule has 2 aliphatic rings. The van der Waals surface area contributed by atoms with E-state index < -0.39 is 0 Å². The van der Waals surface area contributed by atoms with Gasteiger partial charge >= 0.3 is 6.03 Å². The molecule has 1 heterocycles. The molecule has 1 aromatic carbocycles. The fourth-order valence-electron chi connectivity index (χ4n) is 5.01. The highest BCUT2D eigenvalue weighted by Gasteiger charge is 2.29. The van der Waals surface area contributed by atoms with E-state index in [-0.39, 0.29) is 6.03 Å². The molecule has 2 amide bonds. The molecule has 0 spiro atoms. The summed E-state index contributed by atoms with van der Waals surface area (Å²) in [4.78, 5) is 18.6. The Bertz CT molecular complexity index is 714. The van der Waals surface area contributed by atoms with Crippen molar-refractivity contribution in [1.82, 2.24) is 14.7 Å². The van der Waals surface area contributed by atoms with Gasteiger partial charge in [-0.15, -0.1) is 0 Å². The van der Waals surface area contributed by atoms with Crippen LogP contribution in [-0.2, 0) is 12.8 Å². The average Bonchev–Trinajstić information content (AvgIpc) is 2.77. The Morgan fingerprint density at radius 1 is 1.07 bits per heavy atom. The van der Waals surface area contributed by atoms with Crippen LogP contribution in [0.25, 0.3) is 0 Å². The minimum Gasteiger partial charge on any atom is -0.493 e. The van der Waals surface area contributed by atoms with Gasteiger partial charge in [0.2, 0.25) is 0 Å². The Hall–Kier alpha value is -1.95. The number of aryl methyl sites for hydroxylation is 1. The van der Waals surface area contributed by atoms with E-state index in [2.05, 4.69) is 24.0 Å². The standard InChI is InChI=1S/C24H39N3O3/c1-6-11-27(17-18-9-12-26(13-10-18)24(28)25(2)3)21-8-7-19-15-22(29-4)23(30-5)16-20(19)14-21/h15-16,18,21H,6-14,17H2,1-5H3/t21-/m1/s1. The Labute approximate surface area is 182 Å². The van der Waals surface area contributed by atoms with Gasteiger partial charge in [-0.25, -0.2) is 4.79 Å². The maximum Gasteiger partial charge on any atom is 0.319 e. The third kappa shape index (κ3) is 5.20. The molecule has 1 atom stereocenters. The zero-order chi connectivity index (χ0) is 21.7. The van der Waals surface area contributed by atoms with E-state index in [4.69, 9.17) is 9.47 Å². The first-order valence-electron chi connectivity index (χ1n) is 11.4. The van der Waals surface area contributed by atoms with Crippen molar-refractivity contribution < 1.29 is 14.3 Å². The summed E-state index contributed by atoms with van der Waals surface area (Å²) in [7, 11) is 7.09. The Morgan fingerprint density at radius 2 is 1.70 bits per heavy atom. The van der Waals surface area contributed by atoms with Gasteiger partial charge in [0.15, 0.2) is 11.5 Å². The molecular formula is C24H39N3O3. The van der Waals surface area contributed by atoms with Crippen molar-refractivity contribution >= 4 is 6.03 Å². The SMILES string of the molecule is CCCN(CC1CCN(C(=O)N(C)C)CC1)[C@@H]1CCc2cc(OC)c(OC)cc2C1. The molecule has 30 heavy (non-hydrogen) atoms. The zero-order valence-electron chi connectivity index (χ0n) is 19.4. The molecular weight excluding hydrogens is 378 g/mol. The molecule has 0 aromatic heterocycles. The van der Waals surface area contributed by atoms with E-state index >= 15 is 0 Å². The number of piperidine rings is 1. The molecule has 6 heteroatoms. The molecule has 0 unspecified atom stereocenters. The second kappa shape index (κ2) is 10.4. The van der Waals surface area contributed by atoms with Crippen LogP contribution < -0.4 is 9.47 Å². The molecule has 6 nitrogen and oxygen atoms in total. The Balaban J connectivity index is 1.63. The number of amides is 2. The number of likely N-dealkylation sites (tertiary alicyclic amines) is 1. The predicted molar refractivity (Wildman–Crippen MR) is 121 cm³/mol. The lowest BCUT2D eigenvalue weighted by Gasteiger charge is -2.40. The molecule has 3 rings (SSSR count). The molecule has 1 fully saturated rings. The number of rotatable bonds is 7. The van der Waals surface area contributed by atoms with Crippen molar-refractivity contribution in [3.63, 3.8) is 0 Å². The van der Waals surface area contributed by atoms with E-state index in [1.165, 1.54) is 24.0 Å². The van der Waals surface area contributed by atoms with Crippen molar-refractivity contribution in [2.75, 3.05) is 54.5 Å². The number of methoxy groups -OCH3 is 2. The molecule has 0 radical (unpaired) electrons. The quantitative estimate of drug-likeness (QED) is 0.679. The van der Waals surface area contributed by atoms with Crippen molar-refractivity contribution in [3.8, 4) is 11.5 Å². The first-order chi connectivity index (χ1) is 14.5. The third-order valence-corrected chi connectivity index (χ3v) is 6.70. The molecule has 168 valence electrons. The summed E-state index contributed by atoms with van der Waals surface area (Å²) < 4.78 is 11.0. The predicted octanol–water partition coefficient (Wildman–Crippen LogP) is 3.67. The molecule has 1 aromatic rings. The number of ether oxygens (including phenoxy) is 2. The van der Waals surface area contributed by atoms with Crippen LogP contribution in [-0.4, -0.2) is 81.3 Å². The number of benzene rings is 1. The largest absolute Gasteiger partial charge is 0.493 e. The molecule has 1 saturated heterocycles. The highest BCUT2D eigenvalue weighted by molar-refractivity contribution is 5.73. The number of urea groups is 1. The number of fused-ring (bicyclic) bond motifs is 1. The van der Waals surface area contributed by atoms with Crippen molar-refractivity contribution in [1.29, 1.82) is 0 Å². The maximum atomic E-state index is 12.2. The fourth-order valence-corrected chi connectivity index (χ4v) is 5.01. The Morgan fingerprint density at radius 3 is 2.27 bits per heavy atom. The van der Waals surface area contributed by atoms with Crippen molar-refractivity contribution in [2.45, 2.75) is 51.5 Å². The molecule has 0 saturated carbocycles. The first-order valence-corrected chi connectivity index (χ1v) is 11.4. The van der Waals surface area contributed by atoms with Gasteiger partial charge in [-0.1, -0.05) is 6.92 Å². The summed E-state index contributed by atoms with van der Waals surface area (Å²) in [6.07, 6.45) is 6.75. The van der Waals surface area contributed by atoms with Gasteiger partial charge in [0.25, 0.3) is 0 Å². The van der Waals surface area contributed by atoms with E-state index in [1.807, 2.05) is 19.0 Å².